The summed E-state index contributed by atoms with van der Waals surface area (Å²) in [5.74, 6) is 2.78. The van der Waals surface area contributed by atoms with Gasteiger partial charge in [-0.05, 0) is 25.7 Å². The number of anilines is 1. The second-order valence-corrected chi connectivity index (χ2v) is 5.65. The van der Waals surface area contributed by atoms with Crippen molar-refractivity contribution < 1.29 is 0 Å². The lowest BCUT2D eigenvalue weighted by Crippen LogP contribution is -2.05. The summed E-state index contributed by atoms with van der Waals surface area (Å²) in [5.41, 5.74) is 7.32. The Morgan fingerprint density at radius 2 is 1.94 bits per heavy atom. The molecule has 2 N–H and O–H groups in total. The third kappa shape index (κ3) is 2.88. The molecule has 18 heavy (non-hydrogen) atoms. The molecule has 3 heteroatoms. The Morgan fingerprint density at radius 1 is 1.22 bits per heavy atom. The maximum absolute atomic E-state index is 6.19. The molecule has 0 radical (unpaired) electrons. The first-order valence-electron chi connectivity index (χ1n) is 7.55. The number of nitrogens with zero attached hydrogens (tertiary/aromatic N) is 2. The molecular weight excluding hydrogens is 222 g/mol. The van der Waals surface area contributed by atoms with Crippen LogP contribution in [0, 0.1) is 0 Å². The van der Waals surface area contributed by atoms with E-state index in [1.165, 1.54) is 57.2 Å². The van der Waals surface area contributed by atoms with Gasteiger partial charge in [0.15, 0.2) is 0 Å². The molecule has 1 saturated carbocycles. The van der Waals surface area contributed by atoms with Crippen molar-refractivity contribution in [2.45, 2.75) is 70.6 Å². The minimum Gasteiger partial charge on any atom is -0.384 e. The highest BCUT2D eigenvalue weighted by Crippen LogP contribution is 2.34. The number of aromatic nitrogens is 2. The zero-order valence-corrected chi connectivity index (χ0v) is 11.9. The van der Waals surface area contributed by atoms with Crippen LogP contribution < -0.4 is 5.73 Å². The third-order valence-corrected chi connectivity index (χ3v) is 4.24. The predicted molar refractivity (Wildman–Crippen MR) is 76.7 cm³/mol. The van der Waals surface area contributed by atoms with Crippen molar-refractivity contribution in [3.63, 3.8) is 0 Å². The minimum atomic E-state index is 0.654. The van der Waals surface area contributed by atoms with Gasteiger partial charge in [-0.3, -0.25) is 0 Å². The maximum Gasteiger partial charge on any atom is 0.126 e. The number of hydrogen-bond donors (Lipinski definition) is 1. The molecule has 0 unspecified atom stereocenters. The first-order chi connectivity index (χ1) is 8.74. The van der Waals surface area contributed by atoms with Crippen molar-refractivity contribution in [1.29, 1.82) is 0 Å². The lowest BCUT2D eigenvalue weighted by Gasteiger charge is -2.08. The number of imidazole rings is 1. The fourth-order valence-electron chi connectivity index (χ4n) is 3.04. The smallest absolute Gasteiger partial charge is 0.126 e. The Hall–Kier alpha value is -0.990. The molecule has 2 rings (SSSR count). The van der Waals surface area contributed by atoms with E-state index in [2.05, 4.69) is 18.5 Å². The van der Waals surface area contributed by atoms with E-state index >= 15 is 0 Å². The Bertz CT molecular complexity index is 375. The molecule has 0 amide bonds. The standard InChI is InChI=1S/C15H27N3/c1-3-4-5-6-11-13-14(16)18(2)15(17-13)12-9-7-8-10-12/h12H,3-11,16H2,1-2H3. The predicted octanol–water partition coefficient (Wildman–Crippen LogP) is 3.78. The van der Waals surface area contributed by atoms with Gasteiger partial charge in [-0.1, -0.05) is 39.0 Å². The van der Waals surface area contributed by atoms with Gasteiger partial charge in [0.05, 0.1) is 5.69 Å². The largest absolute Gasteiger partial charge is 0.384 e. The van der Waals surface area contributed by atoms with Gasteiger partial charge in [0, 0.05) is 13.0 Å². The van der Waals surface area contributed by atoms with Crippen LogP contribution in [0.3, 0.4) is 0 Å². The molecule has 0 aliphatic heterocycles. The Labute approximate surface area is 111 Å². The number of rotatable bonds is 6. The number of nitrogens with two attached hydrogens (primary N) is 1. The first-order valence-corrected chi connectivity index (χ1v) is 7.55. The van der Waals surface area contributed by atoms with Crippen molar-refractivity contribution in [3.8, 4) is 0 Å². The van der Waals surface area contributed by atoms with E-state index in [1.807, 2.05) is 0 Å². The van der Waals surface area contributed by atoms with Crippen molar-refractivity contribution >= 4 is 5.82 Å². The van der Waals surface area contributed by atoms with Gasteiger partial charge in [-0.2, -0.15) is 0 Å². The van der Waals surface area contributed by atoms with Crippen molar-refractivity contribution in [1.82, 2.24) is 9.55 Å². The monoisotopic (exact) mass is 249 g/mol. The Kier molecular flexibility index (Phi) is 4.67. The first kappa shape index (κ1) is 13.4. The summed E-state index contributed by atoms with van der Waals surface area (Å²) in [4.78, 5) is 4.83. The molecule has 1 fully saturated rings. The zero-order valence-electron chi connectivity index (χ0n) is 11.9. The van der Waals surface area contributed by atoms with Crippen LogP contribution in [0.25, 0.3) is 0 Å². The van der Waals surface area contributed by atoms with Gasteiger partial charge in [0.25, 0.3) is 0 Å². The normalized spacial score (nSPS) is 16.6. The van der Waals surface area contributed by atoms with Gasteiger partial charge >= 0.3 is 0 Å². The van der Waals surface area contributed by atoms with Crippen LogP contribution in [0.5, 0.6) is 0 Å². The average Bonchev–Trinajstić information content (AvgIpc) is 2.97. The quantitative estimate of drug-likeness (QED) is 0.780. The summed E-state index contributed by atoms with van der Waals surface area (Å²) in [6.07, 6.45) is 11.5. The second kappa shape index (κ2) is 6.26. The second-order valence-electron chi connectivity index (χ2n) is 5.65. The van der Waals surface area contributed by atoms with E-state index in [9.17, 15) is 0 Å². The van der Waals surface area contributed by atoms with Crippen LogP contribution >= 0.6 is 0 Å². The van der Waals surface area contributed by atoms with Crippen LogP contribution in [0.2, 0.25) is 0 Å². The Balaban J connectivity index is 2.00. The summed E-state index contributed by atoms with van der Waals surface area (Å²) < 4.78 is 2.13. The van der Waals surface area contributed by atoms with Gasteiger partial charge in [-0.15, -0.1) is 0 Å². The lowest BCUT2D eigenvalue weighted by molar-refractivity contribution is 0.631. The van der Waals surface area contributed by atoms with E-state index < -0.39 is 0 Å². The van der Waals surface area contributed by atoms with Gasteiger partial charge in [0.2, 0.25) is 0 Å². The molecule has 0 aromatic carbocycles. The van der Waals surface area contributed by atoms with Crippen molar-refractivity contribution in [2.75, 3.05) is 5.73 Å². The van der Waals surface area contributed by atoms with Crippen molar-refractivity contribution in [2.24, 2.45) is 7.05 Å². The lowest BCUT2D eigenvalue weighted by atomic mass is 10.1. The third-order valence-electron chi connectivity index (χ3n) is 4.24. The molecule has 0 atom stereocenters. The molecule has 1 aromatic rings. The number of aryl methyl sites for hydroxylation is 1. The number of nitrogen functional groups attached to an aromatic ring is 1. The fourth-order valence-corrected chi connectivity index (χ4v) is 3.04. The molecule has 1 aliphatic carbocycles. The SMILES string of the molecule is CCCCCCc1nc(C2CCCC2)n(C)c1N. The van der Waals surface area contributed by atoms with E-state index in [0.29, 0.717) is 5.92 Å². The molecule has 102 valence electrons. The van der Waals surface area contributed by atoms with Gasteiger partial charge < -0.3 is 10.3 Å². The Morgan fingerprint density at radius 3 is 2.61 bits per heavy atom. The molecule has 1 aliphatic rings. The summed E-state index contributed by atoms with van der Waals surface area (Å²) >= 11 is 0. The summed E-state index contributed by atoms with van der Waals surface area (Å²) in [6, 6.07) is 0. The van der Waals surface area contributed by atoms with E-state index in [1.54, 1.807) is 0 Å². The molecule has 0 spiro atoms. The summed E-state index contributed by atoms with van der Waals surface area (Å²) in [5, 5.41) is 0. The molecule has 0 bridgehead atoms. The van der Waals surface area contributed by atoms with Crippen LogP contribution in [-0.2, 0) is 13.5 Å². The van der Waals surface area contributed by atoms with E-state index in [-0.39, 0.29) is 0 Å². The van der Waals surface area contributed by atoms with E-state index in [0.717, 1.165) is 17.9 Å². The maximum atomic E-state index is 6.19. The van der Waals surface area contributed by atoms with Crippen molar-refractivity contribution in [3.05, 3.63) is 11.5 Å². The van der Waals surface area contributed by atoms with Crippen LogP contribution in [0.4, 0.5) is 5.82 Å². The fraction of sp³-hybridized carbons (Fsp3) is 0.800. The average molecular weight is 249 g/mol. The summed E-state index contributed by atoms with van der Waals surface area (Å²) in [7, 11) is 2.07. The highest BCUT2D eigenvalue weighted by Gasteiger charge is 2.23. The van der Waals surface area contributed by atoms with Crippen LogP contribution in [-0.4, -0.2) is 9.55 Å². The van der Waals surface area contributed by atoms with Gasteiger partial charge in [-0.25, -0.2) is 4.98 Å². The van der Waals surface area contributed by atoms with Crippen LogP contribution in [0.15, 0.2) is 0 Å². The topological polar surface area (TPSA) is 43.8 Å². The molecule has 0 saturated heterocycles. The minimum absolute atomic E-state index is 0.654. The summed E-state index contributed by atoms with van der Waals surface area (Å²) in [6.45, 7) is 2.24. The zero-order chi connectivity index (χ0) is 13.0. The molecule has 3 nitrogen and oxygen atoms in total. The molecule has 1 heterocycles. The molecular formula is C15H27N3. The number of unbranched alkanes of at least 4 members (excludes halogenated alkanes) is 3. The van der Waals surface area contributed by atoms with E-state index in [4.69, 9.17) is 10.7 Å². The highest BCUT2D eigenvalue weighted by atomic mass is 15.1. The molecule has 1 aromatic heterocycles. The van der Waals surface area contributed by atoms with Gasteiger partial charge in [0.1, 0.15) is 11.6 Å². The number of hydrogen-bond acceptors (Lipinski definition) is 2. The highest BCUT2D eigenvalue weighted by molar-refractivity contribution is 5.38. The van der Waals surface area contributed by atoms with Crippen LogP contribution in [0.1, 0.15) is 75.7 Å².